The van der Waals surface area contributed by atoms with Crippen LogP contribution in [0.25, 0.3) is 0 Å². The van der Waals surface area contributed by atoms with Gasteiger partial charge in [0.25, 0.3) is 5.91 Å². The van der Waals surface area contributed by atoms with E-state index >= 15 is 0 Å². The molecule has 5 heteroatoms. The number of hydrogen-bond acceptors (Lipinski definition) is 3. The highest BCUT2D eigenvalue weighted by Gasteiger charge is 2.14. The van der Waals surface area contributed by atoms with E-state index in [1.165, 1.54) is 18.2 Å². The molecule has 0 aliphatic carbocycles. The van der Waals surface area contributed by atoms with Gasteiger partial charge in [-0.1, -0.05) is 60.1 Å². The Balaban J connectivity index is 1.84. The lowest BCUT2D eigenvalue weighted by atomic mass is 10.2. The summed E-state index contributed by atoms with van der Waals surface area (Å²) < 4.78 is 0. The van der Waals surface area contributed by atoms with Crippen LogP contribution in [-0.4, -0.2) is 11.0 Å². The van der Waals surface area contributed by atoms with Crippen molar-refractivity contribution in [3.63, 3.8) is 0 Å². The summed E-state index contributed by atoms with van der Waals surface area (Å²) >= 11 is 5.90. The molecular weight excluding hydrogens is 336 g/mol. The highest BCUT2D eigenvalue weighted by Crippen LogP contribution is 2.24. The number of carbonyl (C=O) groups is 1. The summed E-state index contributed by atoms with van der Waals surface area (Å²) in [7, 11) is 0. The molecule has 0 unspecified atom stereocenters. The number of nitrogens with one attached hydrogen (secondary N) is 1. The molecule has 0 saturated heterocycles. The minimum atomic E-state index is -0.304. The first-order valence-electron chi connectivity index (χ1n) is 7.79. The molecule has 0 aliphatic rings. The summed E-state index contributed by atoms with van der Waals surface area (Å²) in [6, 6.07) is 23.8. The molecule has 0 aliphatic heterocycles. The molecule has 1 amide bonds. The van der Waals surface area contributed by atoms with E-state index in [2.05, 4.69) is 5.43 Å². The maximum absolute atomic E-state index is 12.6. The fourth-order valence-corrected chi connectivity index (χ4v) is 2.59. The van der Waals surface area contributed by atoms with Gasteiger partial charge >= 0.3 is 0 Å². The van der Waals surface area contributed by atoms with E-state index < -0.39 is 0 Å². The van der Waals surface area contributed by atoms with Gasteiger partial charge in [-0.25, -0.2) is 0 Å². The number of phenolic OH excluding ortho intramolecular Hbond substituents is 1. The zero-order chi connectivity index (χ0) is 17.6. The topological polar surface area (TPSA) is 52.6 Å². The van der Waals surface area contributed by atoms with Crippen LogP contribution in [0, 0.1) is 0 Å². The maximum Gasteiger partial charge on any atom is 0.269 e. The van der Waals surface area contributed by atoms with Crippen molar-refractivity contribution in [3.8, 4) is 5.75 Å². The number of carbonyl (C=O) groups excluding carboxylic acids is 1. The van der Waals surface area contributed by atoms with Gasteiger partial charge in [-0.3, -0.25) is 15.2 Å². The van der Waals surface area contributed by atoms with E-state index in [0.717, 1.165) is 11.3 Å². The Bertz CT molecular complexity index is 854. The first-order valence-corrected chi connectivity index (χ1v) is 8.17. The van der Waals surface area contributed by atoms with Crippen molar-refractivity contribution >= 4 is 23.2 Å². The molecule has 0 atom stereocenters. The number of para-hydroxylation sites is 1. The van der Waals surface area contributed by atoms with Gasteiger partial charge in [-0.05, 0) is 35.9 Å². The molecule has 0 heterocycles. The number of nitrogens with zero attached hydrogens (tertiary/aromatic N) is 1. The van der Waals surface area contributed by atoms with Crippen molar-refractivity contribution in [2.75, 3.05) is 5.01 Å². The number of rotatable bonds is 5. The zero-order valence-electron chi connectivity index (χ0n) is 13.4. The van der Waals surface area contributed by atoms with Gasteiger partial charge in [0.05, 0.1) is 17.3 Å². The van der Waals surface area contributed by atoms with Crippen LogP contribution < -0.4 is 10.4 Å². The number of hydrogen-bond donors (Lipinski definition) is 2. The van der Waals surface area contributed by atoms with E-state index in [1.807, 2.05) is 60.7 Å². The summed E-state index contributed by atoms with van der Waals surface area (Å²) in [5.74, 6) is -0.357. The molecule has 2 N–H and O–H groups in total. The van der Waals surface area contributed by atoms with Crippen molar-refractivity contribution in [1.29, 1.82) is 0 Å². The number of hydrazine groups is 1. The van der Waals surface area contributed by atoms with Gasteiger partial charge in [0, 0.05) is 5.56 Å². The summed E-state index contributed by atoms with van der Waals surface area (Å²) in [6.45, 7) is 0.516. The first-order chi connectivity index (χ1) is 12.1. The number of phenols is 1. The van der Waals surface area contributed by atoms with E-state index in [0.29, 0.717) is 12.1 Å². The van der Waals surface area contributed by atoms with Gasteiger partial charge in [-0.15, -0.1) is 0 Å². The first kappa shape index (κ1) is 16.9. The molecule has 3 aromatic rings. The second-order valence-electron chi connectivity index (χ2n) is 5.51. The van der Waals surface area contributed by atoms with Crippen molar-refractivity contribution in [3.05, 3.63) is 95.0 Å². The summed E-state index contributed by atoms with van der Waals surface area (Å²) in [4.78, 5) is 12.6. The highest BCUT2D eigenvalue weighted by molar-refractivity contribution is 6.32. The van der Waals surface area contributed by atoms with Crippen molar-refractivity contribution in [2.45, 2.75) is 6.54 Å². The SMILES string of the molecule is O=C(NN(Cc1ccccc1)c1ccccc1)c1ccc(O)c(Cl)c1. The lowest BCUT2D eigenvalue weighted by molar-refractivity contribution is 0.0948. The van der Waals surface area contributed by atoms with E-state index in [4.69, 9.17) is 11.6 Å². The van der Waals surface area contributed by atoms with E-state index in [9.17, 15) is 9.90 Å². The monoisotopic (exact) mass is 352 g/mol. The molecule has 0 bridgehead atoms. The Morgan fingerprint density at radius 2 is 1.60 bits per heavy atom. The summed E-state index contributed by atoms with van der Waals surface area (Å²) in [5.41, 5.74) is 5.20. The lowest BCUT2D eigenvalue weighted by Gasteiger charge is -2.25. The van der Waals surface area contributed by atoms with Gasteiger partial charge in [0.1, 0.15) is 5.75 Å². The standard InChI is InChI=1S/C20H17ClN2O2/c21-18-13-16(11-12-19(18)24)20(25)22-23(17-9-5-2-6-10-17)14-15-7-3-1-4-8-15/h1-13,24H,14H2,(H,22,25). The second kappa shape index (κ2) is 7.73. The molecule has 4 nitrogen and oxygen atoms in total. The van der Waals surface area contributed by atoms with Gasteiger partial charge < -0.3 is 5.11 Å². The lowest BCUT2D eigenvalue weighted by Crippen LogP contribution is -2.42. The number of aromatic hydroxyl groups is 1. The average molecular weight is 353 g/mol. The van der Waals surface area contributed by atoms with Gasteiger partial charge in [-0.2, -0.15) is 0 Å². The molecular formula is C20H17ClN2O2. The Labute approximate surface area is 151 Å². The van der Waals surface area contributed by atoms with Crippen LogP contribution >= 0.6 is 11.6 Å². The molecule has 0 radical (unpaired) electrons. The second-order valence-corrected chi connectivity index (χ2v) is 5.92. The van der Waals surface area contributed by atoms with Gasteiger partial charge in [0.15, 0.2) is 0 Å². The molecule has 0 saturated carbocycles. The quantitative estimate of drug-likeness (QED) is 0.669. The number of amides is 1. The van der Waals surface area contributed by atoms with Gasteiger partial charge in [0.2, 0.25) is 0 Å². The summed E-state index contributed by atoms with van der Waals surface area (Å²) in [5, 5.41) is 11.4. The van der Waals surface area contributed by atoms with Crippen LogP contribution in [0.4, 0.5) is 5.69 Å². The fraction of sp³-hybridized carbons (Fsp3) is 0.0500. The Kier molecular flexibility index (Phi) is 5.21. The number of anilines is 1. The molecule has 0 spiro atoms. The number of benzene rings is 3. The van der Waals surface area contributed by atoms with Crippen LogP contribution in [0.2, 0.25) is 5.02 Å². The van der Waals surface area contributed by atoms with Crippen molar-refractivity contribution in [2.24, 2.45) is 0 Å². The van der Waals surface area contributed by atoms with Crippen LogP contribution in [-0.2, 0) is 6.54 Å². The van der Waals surface area contributed by atoms with Crippen LogP contribution in [0.15, 0.2) is 78.9 Å². The fourth-order valence-electron chi connectivity index (χ4n) is 2.40. The number of halogens is 1. The third kappa shape index (κ3) is 4.31. The van der Waals surface area contributed by atoms with E-state index in [-0.39, 0.29) is 16.7 Å². The predicted molar refractivity (Wildman–Crippen MR) is 99.7 cm³/mol. The highest BCUT2D eigenvalue weighted by atomic mass is 35.5. The van der Waals surface area contributed by atoms with E-state index in [1.54, 1.807) is 5.01 Å². The van der Waals surface area contributed by atoms with Crippen LogP contribution in [0.5, 0.6) is 5.75 Å². The third-order valence-electron chi connectivity index (χ3n) is 3.70. The van der Waals surface area contributed by atoms with Crippen molar-refractivity contribution < 1.29 is 9.90 Å². The Hall–Kier alpha value is -2.98. The predicted octanol–water partition coefficient (Wildman–Crippen LogP) is 4.40. The molecule has 126 valence electrons. The van der Waals surface area contributed by atoms with Crippen LogP contribution in [0.1, 0.15) is 15.9 Å². The largest absolute Gasteiger partial charge is 0.506 e. The van der Waals surface area contributed by atoms with Crippen LogP contribution in [0.3, 0.4) is 0 Å². The zero-order valence-corrected chi connectivity index (χ0v) is 14.1. The average Bonchev–Trinajstić information content (AvgIpc) is 2.65. The third-order valence-corrected chi connectivity index (χ3v) is 4.00. The van der Waals surface area contributed by atoms with Crippen molar-refractivity contribution in [1.82, 2.24) is 5.43 Å². The molecule has 3 aromatic carbocycles. The maximum atomic E-state index is 12.6. The molecule has 3 rings (SSSR count). The molecule has 0 aromatic heterocycles. The molecule has 0 fully saturated rings. The molecule has 25 heavy (non-hydrogen) atoms. The normalized spacial score (nSPS) is 10.3. The Morgan fingerprint density at radius 3 is 2.24 bits per heavy atom. The summed E-state index contributed by atoms with van der Waals surface area (Å²) in [6.07, 6.45) is 0. The minimum absolute atomic E-state index is 0.0533. The minimum Gasteiger partial charge on any atom is -0.506 e. The smallest absolute Gasteiger partial charge is 0.269 e. The Morgan fingerprint density at radius 1 is 0.960 bits per heavy atom.